The zero-order valence-electron chi connectivity index (χ0n) is 12.0. The summed E-state index contributed by atoms with van der Waals surface area (Å²) in [5.41, 5.74) is 5.97. The van der Waals surface area contributed by atoms with Crippen LogP contribution in [0.5, 0.6) is 0 Å². The van der Waals surface area contributed by atoms with Crippen LogP contribution in [0.2, 0.25) is 0 Å². The first-order valence-corrected chi connectivity index (χ1v) is 7.21. The maximum absolute atomic E-state index is 8.76. The summed E-state index contributed by atoms with van der Waals surface area (Å²) in [5.74, 6) is 1.62. The van der Waals surface area contributed by atoms with Crippen molar-refractivity contribution in [2.24, 2.45) is 5.92 Å². The van der Waals surface area contributed by atoms with Crippen molar-refractivity contribution in [3.05, 3.63) is 11.8 Å². The minimum Gasteiger partial charge on any atom is -0.382 e. The molecule has 6 heteroatoms. The third kappa shape index (κ3) is 3.81. The van der Waals surface area contributed by atoms with Gasteiger partial charge in [0.15, 0.2) is 0 Å². The van der Waals surface area contributed by atoms with E-state index in [0.29, 0.717) is 11.5 Å². The number of piperidine rings is 1. The lowest BCUT2D eigenvalue weighted by Crippen LogP contribution is -2.36. The van der Waals surface area contributed by atoms with Crippen molar-refractivity contribution in [3.63, 3.8) is 0 Å². The molecule has 0 amide bonds. The van der Waals surface area contributed by atoms with Gasteiger partial charge < -0.3 is 16.0 Å². The minimum absolute atomic E-state index is 0.230. The molecular weight excluding hydrogens is 252 g/mol. The summed E-state index contributed by atoms with van der Waals surface area (Å²) in [6.07, 6.45) is 5.36. The third-order valence-electron chi connectivity index (χ3n) is 3.93. The molecule has 0 aliphatic carbocycles. The van der Waals surface area contributed by atoms with E-state index in [4.69, 9.17) is 11.0 Å². The Morgan fingerprint density at radius 2 is 2.25 bits per heavy atom. The van der Waals surface area contributed by atoms with Crippen LogP contribution in [0.15, 0.2) is 6.20 Å². The number of nitrogen functional groups attached to an aromatic ring is 1. The molecule has 1 aromatic heterocycles. The summed E-state index contributed by atoms with van der Waals surface area (Å²) >= 11 is 0. The van der Waals surface area contributed by atoms with Crippen LogP contribution in [0.1, 0.15) is 31.7 Å². The normalized spacial score (nSPS) is 16.8. The van der Waals surface area contributed by atoms with E-state index >= 15 is 0 Å². The third-order valence-corrected chi connectivity index (χ3v) is 3.93. The topological polar surface area (TPSA) is 90.9 Å². The molecule has 0 spiro atoms. The zero-order chi connectivity index (χ0) is 14.4. The van der Waals surface area contributed by atoms with Crippen LogP contribution in [0.3, 0.4) is 0 Å². The Balaban J connectivity index is 1.74. The van der Waals surface area contributed by atoms with E-state index in [0.717, 1.165) is 19.0 Å². The molecule has 0 unspecified atom stereocenters. The number of likely N-dealkylation sites (tertiary alicyclic amines) is 1. The molecule has 6 nitrogen and oxygen atoms in total. The molecule has 1 aliphatic rings. The van der Waals surface area contributed by atoms with Gasteiger partial charge in [0.25, 0.3) is 0 Å². The van der Waals surface area contributed by atoms with Gasteiger partial charge in [0.1, 0.15) is 17.5 Å². The number of nitriles is 1. The van der Waals surface area contributed by atoms with Crippen molar-refractivity contribution in [1.29, 1.82) is 5.26 Å². The molecule has 0 aromatic carbocycles. The van der Waals surface area contributed by atoms with E-state index in [1.54, 1.807) is 0 Å². The summed E-state index contributed by atoms with van der Waals surface area (Å²) < 4.78 is 0. The molecule has 1 aliphatic heterocycles. The molecule has 1 saturated heterocycles. The summed E-state index contributed by atoms with van der Waals surface area (Å²) in [5, 5.41) is 11.9. The number of nitrogens with one attached hydrogen (secondary N) is 1. The highest BCUT2D eigenvalue weighted by Crippen LogP contribution is 2.19. The van der Waals surface area contributed by atoms with Gasteiger partial charge in [-0.15, -0.1) is 0 Å². The number of nitrogens with two attached hydrogens (primary N) is 1. The molecule has 108 valence electrons. The first-order valence-electron chi connectivity index (χ1n) is 7.21. The van der Waals surface area contributed by atoms with Crippen molar-refractivity contribution in [3.8, 4) is 6.07 Å². The quantitative estimate of drug-likeness (QED) is 0.844. The van der Waals surface area contributed by atoms with Crippen molar-refractivity contribution < 1.29 is 0 Å². The van der Waals surface area contributed by atoms with Gasteiger partial charge in [0, 0.05) is 13.1 Å². The lowest BCUT2D eigenvalue weighted by molar-refractivity contribution is 0.187. The van der Waals surface area contributed by atoms with E-state index in [1.165, 1.54) is 38.5 Å². The first kappa shape index (κ1) is 14.5. The molecule has 20 heavy (non-hydrogen) atoms. The smallest absolute Gasteiger partial charge is 0.224 e. The Hall–Kier alpha value is -1.87. The van der Waals surface area contributed by atoms with E-state index in [9.17, 15) is 0 Å². The largest absolute Gasteiger partial charge is 0.382 e. The van der Waals surface area contributed by atoms with Crippen molar-refractivity contribution in [2.45, 2.75) is 26.2 Å². The molecule has 1 fully saturated rings. The minimum atomic E-state index is 0.230. The van der Waals surface area contributed by atoms with E-state index in [1.807, 2.05) is 6.07 Å². The van der Waals surface area contributed by atoms with Crippen LogP contribution in [-0.4, -0.2) is 41.0 Å². The van der Waals surface area contributed by atoms with Crippen molar-refractivity contribution in [1.82, 2.24) is 14.9 Å². The Bertz CT molecular complexity index is 473. The number of anilines is 2. The Morgan fingerprint density at radius 1 is 1.50 bits per heavy atom. The van der Waals surface area contributed by atoms with Crippen LogP contribution in [0.25, 0.3) is 0 Å². The number of hydrogen-bond donors (Lipinski definition) is 2. The van der Waals surface area contributed by atoms with Crippen LogP contribution in [0.4, 0.5) is 11.8 Å². The molecule has 2 rings (SSSR count). The summed E-state index contributed by atoms with van der Waals surface area (Å²) in [4.78, 5) is 10.6. The monoisotopic (exact) mass is 274 g/mol. The lowest BCUT2D eigenvalue weighted by Gasteiger charge is -2.31. The number of nitrogens with zero attached hydrogens (tertiary/aromatic N) is 4. The fraction of sp³-hybridized carbons (Fsp3) is 0.643. The Labute approximate surface area is 120 Å². The summed E-state index contributed by atoms with van der Waals surface area (Å²) in [7, 11) is 0. The first-order chi connectivity index (χ1) is 9.72. The van der Waals surface area contributed by atoms with Crippen molar-refractivity contribution in [2.75, 3.05) is 37.2 Å². The molecule has 2 heterocycles. The van der Waals surface area contributed by atoms with Gasteiger partial charge in [-0.05, 0) is 31.8 Å². The molecule has 0 atom stereocenters. The van der Waals surface area contributed by atoms with Gasteiger partial charge in [-0.2, -0.15) is 10.2 Å². The average Bonchev–Trinajstić information content (AvgIpc) is 2.48. The number of aromatic nitrogens is 2. The molecule has 3 N–H and O–H groups in total. The van der Waals surface area contributed by atoms with Gasteiger partial charge in [0.05, 0.1) is 6.20 Å². The Kier molecular flexibility index (Phi) is 5.13. The maximum atomic E-state index is 8.76. The molecular formula is C14H22N6. The molecule has 0 saturated carbocycles. The standard InChI is InChI=1S/C14H22N6/c1-2-11-3-6-20(7-4-11)8-5-17-14-18-10-12(9-15)13(16)19-14/h10-11H,2-8H2,1H3,(H3,16,17,18,19). The second-order valence-electron chi connectivity index (χ2n) is 5.22. The number of rotatable bonds is 5. The lowest BCUT2D eigenvalue weighted by atomic mass is 9.94. The fourth-order valence-electron chi connectivity index (χ4n) is 2.51. The van der Waals surface area contributed by atoms with Gasteiger partial charge in [-0.1, -0.05) is 13.3 Å². The van der Waals surface area contributed by atoms with E-state index in [-0.39, 0.29) is 5.82 Å². The maximum Gasteiger partial charge on any atom is 0.224 e. The second-order valence-corrected chi connectivity index (χ2v) is 5.22. The summed E-state index contributed by atoms with van der Waals surface area (Å²) in [6.45, 7) is 6.41. The molecule has 0 radical (unpaired) electrons. The van der Waals surface area contributed by atoms with E-state index < -0.39 is 0 Å². The fourth-order valence-corrected chi connectivity index (χ4v) is 2.51. The van der Waals surface area contributed by atoms with Crippen LogP contribution >= 0.6 is 0 Å². The van der Waals surface area contributed by atoms with Crippen LogP contribution < -0.4 is 11.1 Å². The predicted octanol–water partition coefficient (Wildman–Crippen LogP) is 1.46. The SMILES string of the molecule is CCC1CCN(CCNc2ncc(C#N)c(N)n2)CC1. The average molecular weight is 274 g/mol. The highest BCUT2D eigenvalue weighted by molar-refractivity contribution is 5.49. The summed E-state index contributed by atoms with van der Waals surface area (Å²) in [6, 6.07) is 1.95. The molecule has 0 bridgehead atoms. The van der Waals surface area contributed by atoms with Crippen LogP contribution in [0, 0.1) is 17.2 Å². The molecule has 1 aromatic rings. The highest BCUT2D eigenvalue weighted by atomic mass is 15.2. The van der Waals surface area contributed by atoms with Gasteiger partial charge in [-0.25, -0.2) is 4.98 Å². The number of hydrogen-bond acceptors (Lipinski definition) is 6. The second kappa shape index (κ2) is 7.06. The van der Waals surface area contributed by atoms with Gasteiger partial charge in [0.2, 0.25) is 5.95 Å². The van der Waals surface area contributed by atoms with Gasteiger partial charge in [-0.3, -0.25) is 0 Å². The van der Waals surface area contributed by atoms with E-state index in [2.05, 4.69) is 27.1 Å². The predicted molar refractivity (Wildman–Crippen MR) is 79.1 cm³/mol. The highest BCUT2D eigenvalue weighted by Gasteiger charge is 2.17. The van der Waals surface area contributed by atoms with Crippen molar-refractivity contribution >= 4 is 11.8 Å². The Morgan fingerprint density at radius 3 is 2.85 bits per heavy atom. The zero-order valence-corrected chi connectivity index (χ0v) is 12.0. The van der Waals surface area contributed by atoms with Gasteiger partial charge >= 0.3 is 0 Å². The van der Waals surface area contributed by atoms with Crippen LogP contribution in [-0.2, 0) is 0 Å².